The fraction of sp³-hybridized carbons (Fsp3) is 0.650. The van der Waals surface area contributed by atoms with Crippen molar-refractivity contribution >= 4 is 5.91 Å². The lowest BCUT2D eigenvalue weighted by molar-refractivity contribution is -0.138. The van der Waals surface area contributed by atoms with Crippen molar-refractivity contribution in [2.75, 3.05) is 45.8 Å². The van der Waals surface area contributed by atoms with Gasteiger partial charge in [-0.3, -0.25) is 9.69 Å². The van der Waals surface area contributed by atoms with Gasteiger partial charge in [-0.1, -0.05) is 30.3 Å². The molecule has 2 aliphatic rings. The molecular formula is C20H31N3O. The standard InChI is InChI=1S/C20H31N3O/c1-20(2,18-6-4-3-5-7-18)19(24)23-14-12-22(13-15-23)16-17-8-10-21-11-9-17/h3-7,17,21H,8-16H2,1-2H3. The lowest BCUT2D eigenvalue weighted by atomic mass is 9.83. The smallest absolute Gasteiger partial charge is 0.232 e. The number of nitrogens with one attached hydrogen (secondary N) is 1. The van der Waals surface area contributed by atoms with Gasteiger partial charge in [-0.25, -0.2) is 0 Å². The van der Waals surface area contributed by atoms with Gasteiger partial charge in [0.1, 0.15) is 0 Å². The van der Waals surface area contributed by atoms with Crippen LogP contribution < -0.4 is 5.32 Å². The third-order valence-electron chi connectivity index (χ3n) is 5.66. The van der Waals surface area contributed by atoms with E-state index >= 15 is 0 Å². The van der Waals surface area contributed by atoms with Crippen LogP contribution >= 0.6 is 0 Å². The van der Waals surface area contributed by atoms with E-state index in [1.807, 2.05) is 32.0 Å². The SMILES string of the molecule is CC(C)(C(=O)N1CCN(CC2CCNCC2)CC1)c1ccccc1. The molecule has 1 N–H and O–H groups in total. The maximum absolute atomic E-state index is 13.0. The molecule has 2 heterocycles. The molecule has 0 aromatic heterocycles. The number of rotatable bonds is 4. The first-order valence-electron chi connectivity index (χ1n) is 9.35. The Morgan fingerprint density at radius 1 is 1.08 bits per heavy atom. The maximum Gasteiger partial charge on any atom is 0.232 e. The van der Waals surface area contributed by atoms with Crippen LogP contribution in [0.25, 0.3) is 0 Å². The van der Waals surface area contributed by atoms with Crippen molar-refractivity contribution in [2.24, 2.45) is 5.92 Å². The van der Waals surface area contributed by atoms with Crippen LogP contribution in [0.2, 0.25) is 0 Å². The molecule has 132 valence electrons. The number of hydrogen-bond acceptors (Lipinski definition) is 3. The Bertz CT molecular complexity index is 529. The van der Waals surface area contributed by atoms with E-state index in [1.165, 1.54) is 19.4 Å². The molecule has 1 aromatic carbocycles. The average molecular weight is 329 g/mol. The van der Waals surface area contributed by atoms with E-state index in [0.29, 0.717) is 0 Å². The Labute approximate surface area is 146 Å². The van der Waals surface area contributed by atoms with Crippen molar-refractivity contribution in [1.82, 2.24) is 15.1 Å². The quantitative estimate of drug-likeness (QED) is 0.919. The zero-order valence-electron chi connectivity index (χ0n) is 15.1. The molecule has 2 saturated heterocycles. The molecule has 0 saturated carbocycles. The topological polar surface area (TPSA) is 35.6 Å². The minimum atomic E-state index is -0.446. The third kappa shape index (κ3) is 3.98. The van der Waals surface area contributed by atoms with Crippen LogP contribution in [0.3, 0.4) is 0 Å². The summed E-state index contributed by atoms with van der Waals surface area (Å²) < 4.78 is 0. The van der Waals surface area contributed by atoms with E-state index in [0.717, 1.165) is 50.7 Å². The van der Waals surface area contributed by atoms with E-state index in [1.54, 1.807) is 0 Å². The van der Waals surface area contributed by atoms with E-state index in [4.69, 9.17) is 0 Å². The second kappa shape index (κ2) is 7.66. The molecular weight excluding hydrogens is 298 g/mol. The lowest BCUT2D eigenvalue weighted by Crippen LogP contribution is -2.54. The van der Waals surface area contributed by atoms with Gasteiger partial charge < -0.3 is 10.2 Å². The largest absolute Gasteiger partial charge is 0.339 e. The van der Waals surface area contributed by atoms with E-state index in [-0.39, 0.29) is 5.91 Å². The third-order valence-corrected chi connectivity index (χ3v) is 5.66. The van der Waals surface area contributed by atoms with Gasteiger partial charge in [0.25, 0.3) is 0 Å². The van der Waals surface area contributed by atoms with Crippen molar-refractivity contribution in [2.45, 2.75) is 32.1 Å². The van der Waals surface area contributed by atoms with Crippen LogP contribution in [0.4, 0.5) is 0 Å². The van der Waals surface area contributed by atoms with Gasteiger partial charge in [-0.15, -0.1) is 0 Å². The summed E-state index contributed by atoms with van der Waals surface area (Å²) in [6.07, 6.45) is 2.58. The van der Waals surface area contributed by atoms with Gasteiger partial charge in [0.05, 0.1) is 5.41 Å². The summed E-state index contributed by atoms with van der Waals surface area (Å²) in [6.45, 7) is 11.4. The number of nitrogens with zero attached hydrogens (tertiary/aromatic N) is 2. The van der Waals surface area contributed by atoms with E-state index in [9.17, 15) is 4.79 Å². The Morgan fingerprint density at radius 2 is 1.71 bits per heavy atom. The number of carbonyl (C=O) groups is 1. The normalized spacial score (nSPS) is 21.0. The second-order valence-corrected chi connectivity index (χ2v) is 7.78. The average Bonchev–Trinajstić information content (AvgIpc) is 2.63. The molecule has 2 fully saturated rings. The summed E-state index contributed by atoms with van der Waals surface area (Å²) in [6, 6.07) is 10.2. The predicted molar refractivity (Wildman–Crippen MR) is 98.1 cm³/mol. The van der Waals surface area contributed by atoms with Crippen molar-refractivity contribution in [3.8, 4) is 0 Å². The predicted octanol–water partition coefficient (Wildman–Crippen LogP) is 2.11. The number of carbonyl (C=O) groups excluding carboxylic acids is 1. The number of amides is 1. The Kier molecular flexibility index (Phi) is 5.57. The molecule has 0 aliphatic carbocycles. The van der Waals surface area contributed by atoms with Crippen LogP contribution in [0.1, 0.15) is 32.3 Å². The molecule has 0 radical (unpaired) electrons. The molecule has 2 aliphatic heterocycles. The highest BCUT2D eigenvalue weighted by atomic mass is 16.2. The zero-order valence-corrected chi connectivity index (χ0v) is 15.1. The Hall–Kier alpha value is -1.39. The number of benzene rings is 1. The van der Waals surface area contributed by atoms with Crippen molar-refractivity contribution in [3.05, 3.63) is 35.9 Å². The van der Waals surface area contributed by atoms with Gasteiger partial charge in [0.15, 0.2) is 0 Å². The lowest BCUT2D eigenvalue weighted by Gasteiger charge is -2.40. The highest BCUT2D eigenvalue weighted by molar-refractivity contribution is 5.87. The zero-order chi connectivity index (χ0) is 17.0. The summed E-state index contributed by atoms with van der Waals surface area (Å²) in [5.74, 6) is 1.09. The number of hydrogen-bond donors (Lipinski definition) is 1. The monoisotopic (exact) mass is 329 g/mol. The van der Waals surface area contributed by atoms with Gasteiger partial charge in [0.2, 0.25) is 5.91 Å². The fourth-order valence-electron chi connectivity index (χ4n) is 3.94. The van der Waals surface area contributed by atoms with E-state index in [2.05, 4.69) is 27.2 Å². The molecule has 4 nitrogen and oxygen atoms in total. The Morgan fingerprint density at radius 3 is 2.33 bits per heavy atom. The molecule has 4 heteroatoms. The van der Waals surface area contributed by atoms with Crippen LogP contribution in [-0.4, -0.2) is 61.5 Å². The van der Waals surface area contributed by atoms with Crippen molar-refractivity contribution in [3.63, 3.8) is 0 Å². The molecule has 1 amide bonds. The molecule has 24 heavy (non-hydrogen) atoms. The van der Waals surface area contributed by atoms with Gasteiger partial charge in [0, 0.05) is 32.7 Å². The highest BCUT2D eigenvalue weighted by Crippen LogP contribution is 2.26. The first-order valence-corrected chi connectivity index (χ1v) is 9.35. The Balaban J connectivity index is 1.53. The number of piperazine rings is 1. The van der Waals surface area contributed by atoms with Crippen LogP contribution in [0.5, 0.6) is 0 Å². The first kappa shape index (κ1) is 17.4. The minimum absolute atomic E-state index is 0.259. The van der Waals surface area contributed by atoms with E-state index < -0.39 is 5.41 Å². The maximum atomic E-state index is 13.0. The van der Waals surface area contributed by atoms with Gasteiger partial charge >= 0.3 is 0 Å². The summed E-state index contributed by atoms with van der Waals surface area (Å²) >= 11 is 0. The molecule has 0 spiro atoms. The van der Waals surface area contributed by atoms with Crippen molar-refractivity contribution < 1.29 is 4.79 Å². The highest BCUT2D eigenvalue weighted by Gasteiger charge is 2.35. The molecule has 0 bridgehead atoms. The molecule has 1 aromatic rings. The van der Waals surface area contributed by atoms with Crippen LogP contribution in [0.15, 0.2) is 30.3 Å². The summed E-state index contributed by atoms with van der Waals surface area (Å²) in [4.78, 5) is 17.6. The number of piperidine rings is 1. The summed E-state index contributed by atoms with van der Waals surface area (Å²) in [5, 5.41) is 3.43. The van der Waals surface area contributed by atoms with Crippen LogP contribution in [-0.2, 0) is 10.2 Å². The summed E-state index contributed by atoms with van der Waals surface area (Å²) in [5.41, 5.74) is 0.658. The first-order chi connectivity index (χ1) is 11.6. The van der Waals surface area contributed by atoms with Gasteiger partial charge in [-0.2, -0.15) is 0 Å². The van der Waals surface area contributed by atoms with Crippen LogP contribution in [0, 0.1) is 5.92 Å². The van der Waals surface area contributed by atoms with Gasteiger partial charge in [-0.05, 0) is 51.3 Å². The van der Waals surface area contributed by atoms with Crippen molar-refractivity contribution in [1.29, 1.82) is 0 Å². The fourth-order valence-corrected chi connectivity index (χ4v) is 3.94. The summed E-state index contributed by atoms with van der Waals surface area (Å²) in [7, 11) is 0. The minimum Gasteiger partial charge on any atom is -0.339 e. The molecule has 0 atom stereocenters. The molecule has 3 rings (SSSR count). The second-order valence-electron chi connectivity index (χ2n) is 7.78. The molecule has 0 unspecified atom stereocenters.